The highest BCUT2D eigenvalue weighted by Gasteiger charge is 2.35. The lowest BCUT2D eigenvalue weighted by atomic mass is 9.99. The van der Waals surface area contributed by atoms with Gasteiger partial charge in [0.1, 0.15) is 0 Å². The molecule has 102 valence electrons. The van der Waals surface area contributed by atoms with Crippen molar-refractivity contribution >= 4 is 18.0 Å². The SMILES string of the molecule is CCOC(=O)NC(=O)CN1C[C@@H](C)[C@H](C(=O)O)C1. The Morgan fingerprint density at radius 3 is 2.56 bits per heavy atom. The number of likely N-dealkylation sites (tertiary alicyclic amines) is 1. The Morgan fingerprint density at radius 1 is 1.39 bits per heavy atom. The second-order valence-corrected chi connectivity index (χ2v) is 4.38. The summed E-state index contributed by atoms with van der Waals surface area (Å²) in [6.07, 6.45) is -0.774. The zero-order valence-electron chi connectivity index (χ0n) is 10.5. The lowest BCUT2D eigenvalue weighted by Gasteiger charge is -2.14. The fraction of sp³-hybridized carbons (Fsp3) is 0.727. The van der Waals surface area contributed by atoms with Gasteiger partial charge in [-0.2, -0.15) is 0 Å². The van der Waals surface area contributed by atoms with E-state index in [1.165, 1.54) is 0 Å². The Balaban J connectivity index is 2.38. The van der Waals surface area contributed by atoms with Gasteiger partial charge in [0.2, 0.25) is 5.91 Å². The number of hydrogen-bond acceptors (Lipinski definition) is 5. The number of ether oxygens (including phenoxy) is 1. The Hall–Kier alpha value is -1.63. The van der Waals surface area contributed by atoms with Gasteiger partial charge < -0.3 is 9.84 Å². The molecular weight excluding hydrogens is 240 g/mol. The van der Waals surface area contributed by atoms with Crippen molar-refractivity contribution in [3.63, 3.8) is 0 Å². The molecule has 2 amide bonds. The summed E-state index contributed by atoms with van der Waals surface area (Å²) >= 11 is 0. The summed E-state index contributed by atoms with van der Waals surface area (Å²) < 4.78 is 4.57. The van der Waals surface area contributed by atoms with Crippen LogP contribution in [0.4, 0.5) is 4.79 Å². The molecule has 2 atom stereocenters. The normalized spacial score (nSPS) is 23.7. The smallest absolute Gasteiger partial charge is 0.413 e. The topological polar surface area (TPSA) is 95.9 Å². The third-order valence-corrected chi connectivity index (χ3v) is 2.89. The molecule has 0 spiro atoms. The molecule has 1 aliphatic heterocycles. The number of rotatable bonds is 4. The van der Waals surface area contributed by atoms with Crippen LogP contribution in [0.3, 0.4) is 0 Å². The molecule has 18 heavy (non-hydrogen) atoms. The van der Waals surface area contributed by atoms with E-state index >= 15 is 0 Å². The number of aliphatic carboxylic acids is 1. The third kappa shape index (κ3) is 3.99. The summed E-state index contributed by atoms with van der Waals surface area (Å²) in [4.78, 5) is 35.1. The second-order valence-electron chi connectivity index (χ2n) is 4.38. The molecule has 0 bridgehead atoms. The van der Waals surface area contributed by atoms with Gasteiger partial charge in [-0.3, -0.25) is 19.8 Å². The largest absolute Gasteiger partial charge is 0.481 e. The highest BCUT2D eigenvalue weighted by molar-refractivity contribution is 5.92. The van der Waals surface area contributed by atoms with E-state index in [1.54, 1.807) is 11.8 Å². The molecule has 2 N–H and O–H groups in total. The van der Waals surface area contributed by atoms with Gasteiger partial charge >= 0.3 is 12.1 Å². The Morgan fingerprint density at radius 2 is 2.06 bits per heavy atom. The van der Waals surface area contributed by atoms with Crippen molar-refractivity contribution < 1.29 is 24.2 Å². The Labute approximate surface area is 105 Å². The molecular formula is C11H18N2O5. The molecule has 1 rings (SSSR count). The van der Waals surface area contributed by atoms with E-state index in [4.69, 9.17) is 5.11 Å². The first kappa shape index (κ1) is 14.4. The molecule has 7 nitrogen and oxygen atoms in total. The number of carboxylic acid groups (broad SMARTS) is 1. The first-order valence-corrected chi connectivity index (χ1v) is 5.85. The molecule has 0 aromatic carbocycles. The average Bonchev–Trinajstić information content (AvgIpc) is 2.59. The van der Waals surface area contributed by atoms with Gasteiger partial charge in [-0.1, -0.05) is 6.92 Å². The van der Waals surface area contributed by atoms with Crippen LogP contribution in [0.5, 0.6) is 0 Å². The van der Waals surface area contributed by atoms with E-state index in [0.717, 1.165) is 0 Å². The van der Waals surface area contributed by atoms with E-state index in [1.807, 2.05) is 6.92 Å². The fourth-order valence-corrected chi connectivity index (χ4v) is 2.04. The Bertz CT molecular complexity index is 344. The number of carboxylic acids is 1. The van der Waals surface area contributed by atoms with E-state index in [2.05, 4.69) is 10.1 Å². The van der Waals surface area contributed by atoms with Crippen LogP contribution in [-0.2, 0) is 14.3 Å². The van der Waals surface area contributed by atoms with E-state index < -0.39 is 23.9 Å². The minimum atomic E-state index is -0.851. The summed E-state index contributed by atoms with van der Waals surface area (Å²) in [6, 6.07) is 0. The van der Waals surface area contributed by atoms with Crippen molar-refractivity contribution in [2.24, 2.45) is 11.8 Å². The van der Waals surface area contributed by atoms with Gasteiger partial charge in [-0.25, -0.2) is 4.79 Å². The molecule has 1 saturated heterocycles. The summed E-state index contributed by atoms with van der Waals surface area (Å²) in [6.45, 7) is 4.54. The van der Waals surface area contributed by atoms with Gasteiger partial charge in [0.05, 0.1) is 19.1 Å². The first-order valence-electron chi connectivity index (χ1n) is 5.85. The van der Waals surface area contributed by atoms with Crippen LogP contribution in [0.1, 0.15) is 13.8 Å². The molecule has 0 aromatic rings. The minimum absolute atomic E-state index is 0.00195. The van der Waals surface area contributed by atoms with Crippen molar-refractivity contribution in [2.45, 2.75) is 13.8 Å². The minimum Gasteiger partial charge on any atom is -0.481 e. The van der Waals surface area contributed by atoms with Crippen molar-refractivity contribution in [1.29, 1.82) is 0 Å². The number of nitrogens with zero attached hydrogens (tertiary/aromatic N) is 1. The zero-order chi connectivity index (χ0) is 13.7. The van der Waals surface area contributed by atoms with Crippen molar-refractivity contribution in [2.75, 3.05) is 26.2 Å². The molecule has 1 fully saturated rings. The number of imide groups is 1. The molecule has 7 heteroatoms. The number of nitrogens with one attached hydrogen (secondary N) is 1. The van der Waals surface area contributed by atoms with Crippen LogP contribution in [-0.4, -0.2) is 54.2 Å². The number of carbonyl (C=O) groups excluding carboxylic acids is 2. The lowest BCUT2D eigenvalue weighted by molar-refractivity contribution is -0.142. The van der Waals surface area contributed by atoms with Crippen LogP contribution < -0.4 is 5.32 Å². The van der Waals surface area contributed by atoms with Gasteiger partial charge in [-0.05, 0) is 12.8 Å². The number of amides is 2. The molecule has 0 aliphatic carbocycles. The number of carbonyl (C=O) groups is 3. The van der Waals surface area contributed by atoms with Gasteiger partial charge in [0.25, 0.3) is 0 Å². The highest BCUT2D eigenvalue weighted by atomic mass is 16.5. The first-order chi connectivity index (χ1) is 8.43. The lowest BCUT2D eigenvalue weighted by Crippen LogP contribution is -2.39. The molecule has 0 aromatic heterocycles. The molecule has 0 radical (unpaired) electrons. The maximum absolute atomic E-state index is 11.5. The summed E-state index contributed by atoms with van der Waals surface area (Å²) in [5, 5.41) is 11.0. The van der Waals surface area contributed by atoms with E-state index in [0.29, 0.717) is 13.1 Å². The van der Waals surface area contributed by atoms with Gasteiger partial charge in [0, 0.05) is 13.1 Å². The van der Waals surface area contributed by atoms with Crippen LogP contribution in [0.2, 0.25) is 0 Å². The molecule has 0 saturated carbocycles. The molecule has 0 unspecified atom stereocenters. The predicted molar refractivity (Wildman–Crippen MR) is 61.9 cm³/mol. The highest BCUT2D eigenvalue weighted by Crippen LogP contribution is 2.22. The molecule has 1 heterocycles. The monoisotopic (exact) mass is 258 g/mol. The summed E-state index contributed by atoms with van der Waals surface area (Å²) in [5.41, 5.74) is 0. The molecule has 1 aliphatic rings. The number of hydrogen-bond donors (Lipinski definition) is 2. The van der Waals surface area contributed by atoms with Crippen LogP contribution >= 0.6 is 0 Å². The van der Waals surface area contributed by atoms with Crippen molar-refractivity contribution in [3.05, 3.63) is 0 Å². The second kappa shape index (κ2) is 6.34. The van der Waals surface area contributed by atoms with Crippen molar-refractivity contribution in [3.8, 4) is 0 Å². The summed E-state index contributed by atoms with van der Waals surface area (Å²) in [5.74, 6) is -1.79. The summed E-state index contributed by atoms with van der Waals surface area (Å²) in [7, 11) is 0. The van der Waals surface area contributed by atoms with E-state index in [9.17, 15) is 14.4 Å². The predicted octanol–water partition coefficient (Wildman–Crippen LogP) is -0.0884. The van der Waals surface area contributed by atoms with Gasteiger partial charge in [0.15, 0.2) is 0 Å². The Kier molecular flexibility index (Phi) is 5.08. The van der Waals surface area contributed by atoms with Crippen LogP contribution in [0.25, 0.3) is 0 Å². The van der Waals surface area contributed by atoms with Crippen LogP contribution in [0, 0.1) is 11.8 Å². The third-order valence-electron chi connectivity index (χ3n) is 2.89. The van der Waals surface area contributed by atoms with E-state index in [-0.39, 0.29) is 19.1 Å². The fourth-order valence-electron chi connectivity index (χ4n) is 2.04. The average molecular weight is 258 g/mol. The zero-order valence-corrected chi connectivity index (χ0v) is 10.5. The maximum atomic E-state index is 11.5. The quantitative estimate of drug-likeness (QED) is 0.731. The van der Waals surface area contributed by atoms with Gasteiger partial charge in [-0.15, -0.1) is 0 Å². The maximum Gasteiger partial charge on any atom is 0.413 e. The van der Waals surface area contributed by atoms with Crippen LogP contribution in [0.15, 0.2) is 0 Å². The van der Waals surface area contributed by atoms with Crippen molar-refractivity contribution in [1.82, 2.24) is 10.2 Å². The number of alkyl carbamates (subject to hydrolysis) is 1. The standard InChI is InChI=1S/C11H18N2O5/c1-3-18-11(17)12-9(14)6-13-4-7(2)8(5-13)10(15)16/h7-8H,3-6H2,1-2H3,(H,15,16)(H,12,14,17)/t7-,8-/m1/s1.